The molecule has 5 heteroatoms. The van der Waals surface area contributed by atoms with Gasteiger partial charge in [0.2, 0.25) is 0 Å². The van der Waals surface area contributed by atoms with Crippen molar-refractivity contribution >= 4 is 17.4 Å². The van der Waals surface area contributed by atoms with Crippen LogP contribution >= 0.6 is 11.8 Å². The number of nitro groups is 1. The largest absolute Gasteiger partial charge is 0.313 e. The van der Waals surface area contributed by atoms with Crippen molar-refractivity contribution in [3.8, 4) is 0 Å². The lowest BCUT2D eigenvalue weighted by Gasteiger charge is -2.05. The highest BCUT2D eigenvalue weighted by molar-refractivity contribution is 7.99. The molecule has 0 aliphatic carbocycles. The van der Waals surface area contributed by atoms with Crippen molar-refractivity contribution < 1.29 is 4.92 Å². The molecule has 1 aromatic rings. The maximum absolute atomic E-state index is 10.5. The van der Waals surface area contributed by atoms with Crippen LogP contribution in [-0.4, -0.2) is 23.8 Å². The van der Waals surface area contributed by atoms with E-state index in [2.05, 4.69) is 18.8 Å². The Bertz CT molecular complexity index is 390. The van der Waals surface area contributed by atoms with Gasteiger partial charge in [-0.25, -0.2) is 0 Å². The lowest BCUT2D eigenvalue weighted by molar-refractivity contribution is -0.384. The van der Waals surface area contributed by atoms with Crippen molar-refractivity contribution in [3.05, 3.63) is 46.5 Å². The van der Waals surface area contributed by atoms with Gasteiger partial charge in [-0.15, -0.1) is 11.8 Å². The molecule has 92 valence electrons. The molecular formula is C12H16N2O2S. The Kier molecular flexibility index (Phi) is 5.72. The van der Waals surface area contributed by atoms with Gasteiger partial charge in [0.1, 0.15) is 0 Å². The van der Waals surface area contributed by atoms with E-state index in [1.165, 1.54) is 12.1 Å². The van der Waals surface area contributed by atoms with Gasteiger partial charge in [0.25, 0.3) is 5.69 Å². The van der Waals surface area contributed by atoms with E-state index in [9.17, 15) is 10.1 Å². The van der Waals surface area contributed by atoms with Crippen LogP contribution in [0, 0.1) is 10.1 Å². The molecule has 0 aromatic heterocycles. The standard InChI is InChI=1S/C12H16N2O2S/c1-3-13-8-10(2)9-17-12-6-4-11(5-7-12)14(15)16/h4-7,13H,2-3,8-9H2,1H3. The molecule has 0 atom stereocenters. The third-order valence-electron chi connectivity index (χ3n) is 2.12. The summed E-state index contributed by atoms with van der Waals surface area (Å²) in [5.74, 6) is 0.824. The number of benzene rings is 1. The molecule has 0 fully saturated rings. The van der Waals surface area contributed by atoms with Gasteiger partial charge < -0.3 is 5.32 Å². The Morgan fingerprint density at radius 3 is 2.65 bits per heavy atom. The molecule has 0 radical (unpaired) electrons. The summed E-state index contributed by atoms with van der Waals surface area (Å²) in [6, 6.07) is 6.58. The van der Waals surface area contributed by atoms with Crippen LogP contribution in [0.5, 0.6) is 0 Å². The van der Waals surface area contributed by atoms with Crippen molar-refractivity contribution in [2.75, 3.05) is 18.8 Å². The average Bonchev–Trinajstić information content (AvgIpc) is 2.34. The summed E-state index contributed by atoms with van der Waals surface area (Å²) in [7, 11) is 0. The van der Waals surface area contributed by atoms with E-state index in [0.717, 1.165) is 29.3 Å². The normalized spacial score (nSPS) is 10.2. The summed E-state index contributed by atoms with van der Waals surface area (Å²) in [6.45, 7) is 7.76. The molecule has 0 bridgehead atoms. The zero-order valence-electron chi connectivity index (χ0n) is 9.81. The van der Waals surface area contributed by atoms with E-state index in [1.54, 1.807) is 23.9 Å². The third kappa shape index (κ3) is 5.01. The second-order valence-electron chi connectivity index (χ2n) is 3.57. The number of rotatable bonds is 7. The van der Waals surface area contributed by atoms with E-state index in [4.69, 9.17) is 0 Å². The zero-order chi connectivity index (χ0) is 12.7. The third-order valence-corrected chi connectivity index (χ3v) is 3.27. The fourth-order valence-corrected chi connectivity index (χ4v) is 2.00. The smallest absolute Gasteiger partial charge is 0.269 e. The minimum Gasteiger partial charge on any atom is -0.313 e. The van der Waals surface area contributed by atoms with Gasteiger partial charge in [0.05, 0.1) is 4.92 Å². The first-order valence-electron chi connectivity index (χ1n) is 5.38. The highest BCUT2D eigenvalue weighted by Crippen LogP contribution is 2.22. The number of hydrogen-bond donors (Lipinski definition) is 1. The summed E-state index contributed by atoms with van der Waals surface area (Å²) < 4.78 is 0. The summed E-state index contributed by atoms with van der Waals surface area (Å²) in [6.07, 6.45) is 0. The second kappa shape index (κ2) is 7.09. The number of nitrogens with one attached hydrogen (secondary N) is 1. The quantitative estimate of drug-likeness (QED) is 0.351. The van der Waals surface area contributed by atoms with Gasteiger partial charge in [-0.1, -0.05) is 19.1 Å². The molecule has 0 saturated carbocycles. The lowest BCUT2D eigenvalue weighted by atomic mass is 10.3. The number of hydrogen-bond acceptors (Lipinski definition) is 4. The van der Waals surface area contributed by atoms with Crippen LogP contribution in [0.3, 0.4) is 0 Å². The first-order chi connectivity index (χ1) is 8.13. The fraction of sp³-hybridized carbons (Fsp3) is 0.333. The molecule has 0 aliphatic rings. The molecule has 0 amide bonds. The first kappa shape index (κ1) is 13.7. The Labute approximate surface area is 105 Å². The van der Waals surface area contributed by atoms with Gasteiger partial charge in [-0.2, -0.15) is 0 Å². The topological polar surface area (TPSA) is 55.2 Å². The molecule has 4 nitrogen and oxygen atoms in total. The van der Waals surface area contributed by atoms with E-state index >= 15 is 0 Å². The monoisotopic (exact) mass is 252 g/mol. The predicted octanol–water partition coefficient (Wildman–Crippen LogP) is 2.85. The molecule has 0 unspecified atom stereocenters. The Balaban J connectivity index is 2.42. The highest BCUT2D eigenvalue weighted by atomic mass is 32.2. The number of thioether (sulfide) groups is 1. The molecular weight excluding hydrogens is 236 g/mol. The van der Waals surface area contributed by atoms with E-state index in [1.807, 2.05) is 0 Å². The van der Waals surface area contributed by atoms with Crippen LogP contribution in [0.4, 0.5) is 5.69 Å². The molecule has 1 aromatic carbocycles. The van der Waals surface area contributed by atoms with Crippen LogP contribution in [0.25, 0.3) is 0 Å². The highest BCUT2D eigenvalue weighted by Gasteiger charge is 2.04. The Morgan fingerprint density at radius 1 is 1.47 bits per heavy atom. The molecule has 0 aliphatic heterocycles. The summed E-state index contributed by atoms with van der Waals surface area (Å²) in [5, 5.41) is 13.7. The van der Waals surface area contributed by atoms with Gasteiger partial charge in [0, 0.05) is 29.3 Å². The maximum atomic E-state index is 10.5. The SMILES string of the molecule is C=C(CNCC)CSc1ccc([N+](=O)[O-])cc1. The number of nitro benzene ring substituents is 1. The lowest BCUT2D eigenvalue weighted by Crippen LogP contribution is -2.16. The molecule has 0 saturated heterocycles. The van der Waals surface area contributed by atoms with Crippen LogP contribution in [0.1, 0.15) is 6.92 Å². The van der Waals surface area contributed by atoms with Crippen LogP contribution in [-0.2, 0) is 0 Å². The molecule has 1 N–H and O–H groups in total. The minimum absolute atomic E-state index is 0.126. The zero-order valence-corrected chi connectivity index (χ0v) is 10.6. The van der Waals surface area contributed by atoms with Gasteiger partial charge >= 0.3 is 0 Å². The van der Waals surface area contributed by atoms with E-state index < -0.39 is 4.92 Å². The van der Waals surface area contributed by atoms with Crippen molar-refractivity contribution in [3.63, 3.8) is 0 Å². The molecule has 0 spiro atoms. The summed E-state index contributed by atoms with van der Waals surface area (Å²) in [5.41, 5.74) is 1.25. The van der Waals surface area contributed by atoms with Crippen LogP contribution in [0.2, 0.25) is 0 Å². The second-order valence-corrected chi connectivity index (χ2v) is 4.62. The molecule has 0 heterocycles. The first-order valence-corrected chi connectivity index (χ1v) is 6.36. The predicted molar refractivity (Wildman–Crippen MR) is 71.5 cm³/mol. The van der Waals surface area contributed by atoms with Crippen molar-refractivity contribution in [1.82, 2.24) is 5.32 Å². The number of non-ortho nitro benzene ring substituents is 1. The van der Waals surface area contributed by atoms with E-state index in [0.29, 0.717) is 0 Å². The number of nitrogens with zero attached hydrogens (tertiary/aromatic N) is 1. The maximum Gasteiger partial charge on any atom is 0.269 e. The molecule has 17 heavy (non-hydrogen) atoms. The Hall–Kier alpha value is -1.33. The van der Waals surface area contributed by atoms with Crippen molar-refractivity contribution in [2.24, 2.45) is 0 Å². The summed E-state index contributed by atoms with van der Waals surface area (Å²) >= 11 is 1.64. The van der Waals surface area contributed by atoms with Gasteiger partial charge in [-0.3, -0.25) is 10.1 Å². The Morgan fingerprint density at radius 2 is 2.12 bits per heavy atom. The van der Waals surface area contributed by atoms with Crippen LogP contribution < -0.4 is 5.32 Å². The van der Waals surface area contributed by atoms with Crippen LogP contribution in [0.15, 0.2) is 41.3 Å². The fourth-order valence-electron chi connectivity index (χ4n) is 1.20. The average molecular weight is 252 g/mol. The van der Waals surface area contributed by atoms with Gasteiger partial charge in [-0.05, 0) is 18.7 Å². The van der Waals surface area contributed by atoms with Gasteiger partial charge in [0.15, 0.2) is 0 Å². The number of likely N-dealkylation sites (N-methyl/N-ethyl adjacent to an activating group) is 1. The van der Waals surface area contributed by atoms with Crippen molar-refractivity contribution in [2.45, 2.75) is 11.8 Å². The molecule has 1 rings (SSSR count). The van der Waals surface area contributed by atoms with E-state index in [-0.39, 0.29) is 5.69 Å². The minimum atomic E-state index is -0.390. The van der Waals surface area contributed by atoms with Crippen molar-refractivity contribution in [1.29, 1.82) is 0 Å². The summed E-state index contributed by atoms with van der Waals surface area (Å²) in [4.78, 5) is 11.1.